The molecule has 2 atom stereocenters. The van der Waals surface area contributed by atoms with Crippen molar-refractivity contribution in [1.82, 2.24) is 10.3 Å². The zero-order valence-corrected chi connectivity index (χ0v) is 20.0. The van der Waals surface area contributed by atoms with Crippen LogP contribution in [0.1, 0.15) is 23.5 Å². The molecule has 0 amide bonds. The molecule has 1 aliphatic rings. The molecule has 3 heterocycles. The number of pyridine rings is 1. The molecule has 2 aromatic carbocycles. The highest BCUT2D eigenvalue weighted by molar-refractivity contribution is 7.99. The standard InChI is InChI=1S/C25H20ClN3O2S2/c1-30-20-11-10-16(15-18(20)26)29-24(23(28-25(29)32)19-9-5-6-14-27-19)21-12-13-22(31-21)33-17-7-3-2-4-8-17/h2-15,23-24H,1H3,(H,28,32)/t23-,24-/m0/s1. The Hall–Kier alpha value is -3.00. The highest BCUT2D eigenvalue weighted by atomic mass is 35.5. The molecular formula is C25H20ClN3O2S2. The van der Waals surface area contributed by atoms with Crippen LogP contribution in [0.3, 0.4) is 0 Å². The quantitative estimate of drug-likeness (QED) is 0.301. The third-order valence-corrected chi connectivity index (χ3v) is 6.91. The van der Waals surface area contributed by atoms with Crippen LogP contribution >= 0.6 is 35.6 Å². The summed E-state index contributed by atoms with van der Waals surface area (Å²) in [7, 11) is 1.59. The minimum absolute atomic E-state index is 0.194. The first-order valence-corrected chi connectivity index (χ1v) is 11.9. The number of nitrogens with zero attached hydrogens (tertiary/aromatic N) is 2. The summed E-state index contributed by atoms with van der Waals surface area (Å²) in [5.41, 5.74) is 1.72. The van der Waals surface area contributed by atoms with Crippen molar-refractivity contribution in [2.75, 3.05) is 12.0 Å². The fraction of sp³-hybridized carbons (Fsp3) is 0.120. The average Bonchev–Trinajstić information content (AvgIpc) is 3.44. The van der Waals surface area contributed by atoms with Gasteiger partial charge in [-0.15, -0.1) is 0 Å². The van der Waals surface area contributed by atoms with E-state index in [1.54, 1.807) is 25.1 Å². The van der Waals surface area contributed by atoms with Crippen molar-refractivity contribution >= 4 is 46.4 Å². The number of aromatic nitrogens is 1. The zero-order chi connectivity index (χ0) is 22.8. The number of thiocarbonyl (C=S) groups is 1. The smallest absolute Gasteiger partial charge is 0.174 e. The minimum Gasteiger partial charge on any atom is -0.495 e. The van der Waals surface area contributed by atoms with Gasteiger partial charge in [0.2, 0.25) is 0 Å². The molecule has 0 bridgehead atoms. The van der Waals surface area contributed by atoms with E-state index in [-0.39, 0.29) is 12.1 Å². The van der Waals surface area contributed by atoms with Crippen LogP contribution in [0, 0.1) is 0 Å². The Morgan fingerprint density at radius 3 is 2.61 bits per heavy atom. The molecule has 0 aliphatic carbocycles. The van der Waals surface area contributed by atoms with Crippen LogP contribution in [0.5, 0.6) is 5.75 Å². The average molecular weight is 494 g/mol. The third kappa shape index (κ3) is 4.44. The summed E-state index contributed by atoms with van der Waals surface area (Å²) in [6, 6.07) is 25.2. The lowest BCUT2D eigenvalue weighted by Gasteiger charge is -2.26. The van der Waals surface area contributed by atoms with Gasteiger partial charge >= 0.3 is 0 Å². The van der Waals surface area contributed by atoms with Crippen molar-refractivity contribution < 1.29 is 9.15 Å². The Morgan fingerprint density at radius 2 is 1.88 bits per heavy atom. The van der Waals surface area contributed by atoms with Gasteiger partial charge in [0.05, 0.1) is 23.9 Å². The van der Waals surface area contributed by atoms with Gasteiger partial charge in [-0.05, 0) is 66.8 Å². The van der Waals surface area contributed by atoms with Crippen molar-refractivity contribution in [3.8, 4) is 5.75 Å². The Morgan fingerprint density at radius 1 is 1.06 bits per heavy atom. The molecule has 1 aliphatic heterocycles. The van der Waals surface area contributed by atoms with E-state index >= 15 is 0 Å². The SMILES string of the molecule is COc1ccc(N2C(=S)N[C@@H](c3ccccn3)[C@@H]2c2ccc(Sc3ccccc3)o2)cc1Cl. The van der Waals surface area contributed by atoms with Crippen LogP contribution in [0.4, 0.5) is 5.69 Å². The van der Waals surface area contributed by atoms with E-state index in [0.717, 1.165) is 27.1 Å². The fourth-order valence-corrected chi connectivity index (χ4v) is 5.28. The summed E-state index contributed by atoms with van der Waals surface area (Å²) in [5.74, 6) is 1.39. The molecule has 5 rings (SSSR count). The molecule has 1 N–H and O–H groups in total. The molecule has 0 saturated carbocycles. The van der Waals surface area contributed by atoms with Crippen molar-refractivity contribution in [2.24, 2.45) is 0 Å². The van der Waals surface area contributed by atoms with E-state index in [4.69, 9.17) is 33.0 Å². The predicted octanol–water partition coefficient (Wildman–Crippen LogP) is 6.66. The predicted molar refractivity (Wildman–Crippen MR) is 135 cm³/mol. The second-order valence-corrected chi connectivity index (χ2v) is 9.26. The number of anilines is 1. The van der Waals surface area contributed by atoms with Crippen molar-refractivity contribution in [3.63, 3.8) is 0 Å². The lowest BCUT2D eigenvalue weighted by atomic mass is 10.0. The van der Waals surface area contributed by atoms with Gasteiger partial charge in [0, 0.05) is 16.8 Å². The lowest BCUT2D eigenvalue weighted by molar-refractivity contribution is 0.383. The number of halogens is 1. The maximum absolute atomic E-state index is 6.44. The second-order valence-electron chi connectivity index (χ2n) is 7.39. The van der Waals surface area contributed by atoms with E-state index in [1.165, 1.54) is 0 Å². The fourth-order valence-electron chi connectivity index (χ4n) is 3.88. The molecule has 5 nitrogen and oxygen atoms in total. The van der Waals surface area contributed by atoms with Crippen LogP contribution in [0.15, 0.2) is 99.5 Å². The molecule has 0 spiro atoms. The molecule has 2 aromatic heterocycles. The molecule has 1 fully saturated rings. The maximum atomic E-state index is 6.44. The largest absolute Gasteiger partial charge is 0.495 e. The number of ether oxygens (including phenoxy) is 1. The van der Waals surface area contributed by atoms with E-state index in [1.807, 2.05) is 71.6 Å². The molecular weight excluding hydrogens is 474 g/mol. The van der Waals surface area contributed by atoms with Gasteiger partial charge in [-0.2, -0.15) is 0 Å². The summed E-state index contributed by atoms with van der Waals surface area (Å²) < 4.78 is 11.7. The maximum Gasteiger partial charge on any atom is 0.174 e. The molecule has 0 unspecified atom stereocenters. The van der Waals surface area contributed by atoms with Crippen molar-refractivity contribution in [3.05, 3.63) is 102 Å². The first-order valence-electron chi connectivity index (χ1n) is 10.3. The normalized spacial score (nSPS) is 17.8. The molecule has 1 saturated heterocycles. The van der Waals surface area contributed by atoms with E-state index in [0.29, 0.717) is 15.9 Å². The van der Waals surface area contributed by atoms with Gasteiger partial charge in [0.1, 0.15) is 17.6 Å². The van der Waals surface area contributed by atoms with Gasteiger partial charge in [-0.3, -0.25) is 4.98 Å². The first-order chi connectivity index (χ1) is 16.1. The van der Waals surface area contributed by atoms with Gasteiger partial charge in [0.15, 0.2) is 10.2 Å². The monoisotopic (exact) mass is 493 g/mol. The van der Waals surface area contributed by atoms with Crippen LogP contribution < -0.4 is 15.0 Å². The lowest BCUT2D eigenvalue weighted by Crippen LogP contribution is -2.29. The molecule has 0 radical (unpaired) electrons. The summed E-state index contributed by atoms with van der Waals surface area (Å²) >= 11 is 13.8. The molecule has 8 heteroatoms. The Kier molecular flexibility index (Phi) is 6.26. The number of rotatable bonds is 6. The summed E-state index contributed by atoms with van der Waals surface area (Å²) in [4.78, 5) is 7.71. The topological polar surface area (TPSA) is 50.5 Å². The van der Waals surface area contributed by atoms with Crippen molar-refractivity contribution in [1.29, 1.82) is 0 Å². The zero-order valence-electron chi connectivity index (χ0n) is 17.6. The third-order valence-electron chi connectivity index (χ3n) is 5.37. The van der Waals surface area contributed by atoms with E-state index in [2.05, 4.69) is 22.4 Å². The number of benzene rings is 2. The number of methoxy groups -OCH3 is 1. The van der Waals surface area contributed by atoms with E-state index < -0.39 is 0 Å². The van der Waals surface area contributed by atoms with Crippen LogP contribution in [0.25, 0.3) is 0 Å². The van der Waals surface area contributed by atoms with Crippen LogP contribution in [-0.4, -0.2) is 17.2 Å². The van der Waals surface area contributed by atoms with Crippen LogP contribution in [-0.2, 0) is 0 Å². The van der Waals surface area contributed by atoms with Gasteiger partial charge in [-0.1, -0.05) is 47.6 Å². The van der Waals surface area contributed by atoms with E-state index in [9.17, 15) is 0 Å². The molecule has 166 valence electrons. The highest BCUT2D eigenvalue weighted by Crippen LogP contribution is 2.44. The van der Waals surface area contributed by atoms with Crippen LogP contribution in [0.2, 0.25) is 5.02 Å². The Bertz CT molecular complexity index is 1270. The molecule has 33 heavy (non-hydrogen) atoms. The van der Waals surface area contributed by atoms with Crippen molar-refractivity contribution in [2.45, 2.75) is 22.1 Å². The van der Waals surface area contributed by atoms with Gasteiger partial charge in [0.25, 0.3) is 0 Å². The highest BCUT2D eigenvalue weighted by Gasteiger charge is 2.42. The Labute approximate surface area is 206 Å². The summed E-state index contributed by atoms with van der Waals surface area (Å²) in [6.45, 7) is 0. The summed E-state index contributed by atoms with van der Waals surface area (Å²) in [6.07, 6.45) is 1.78. The van der Waals surface area contributed by atoms with Gasteiger partial charge < -0.3 is 19.4 Å². The Balaban J connectivity index is 1.54. The number of furan rings is 1. The van der Waals surface area contributed by atoms with Gasteiger partial charge in [-0.25, -0.2) is 0 Å². The number of hydrogen-bond donors (Lipinski definition) is 1. The second kappa shape index (κ2) is 9.47. The summed E-state index contributed by atoms with van der Waals surface area (Å²) in [5, 5.41) is 5.32. The minimum atomic E-state index is -0.248. The number of nitrogens with one attached hydrogen (secondary N) is 1. The first kappa shape index (κ1) is 21.8. The molecule has 4 aromatic rings. The number of hydrogen-bond acceptors (Lipinski definition) is 5.